The van der Waals surface area contributed by atoms with Gasteiger partial charge in [-0.05, 0) is 43.5 Å². The minimum atomic E-state index is -0.0766. The van der Waals surface area contributed by atoms with Gasteiger partial charge in [-0.15, -0.1) is 0 Å². The molecule has 3 aromatic rings. The number of carbonyl (C=O) groups excluding carboxylic acids is 1. The Morgan fingerprint density at radius 3 is 2.53 bits per heavy atom. The maximum Gasteiger partial charge on any atom is 0.255 e. The van der Waals surface area contributed by atoms with Crippen molar-refractivity contribution in [3.05, 3.63) is 59.9 Å². The molecule has 0 saturated carbocycles. The van der Waals surface area contributed by atoms with Gasteiger partial charge in [0.25, 0.3) is 5.91 Å². The number of unbranched alkanes of at least 4 members (excludes halogenated alkanes) is 6. The highest BCUT2D eigenvalue weighted by molar-refractivity contribution is 5.96. The van der Waals surface area contributed by atoms with E-state index in [-0.39, 0.29) is 5.91 Å². The third-order valence-electron chi connectivity index (χ3n) is 5.93. The second kappa shape index (κ2) is 12.9. The van der Waals surface area contributed by atoms with Crippen LogP contribution in [-0.4, -0.2) is 29.1 Å². The van der Waals surface area contributed by atoms with E-state index in [0.29, 0.717) is 17.9 Å². The number of methoxy groups -OCH3 is 1. The van der Waals surface area contributed by atoms with E-state index in [0.717, 1.165) is 37.7 Å². The number of para-hydroxylation sites is 3. The first kappa shape index (κ1) is 23.8. The first-order valence-corrected chi connectivity index (χ1v) is 12.1. The number of hydrogen-bond acceptors (Lipinski definition) is 3. The Labute approximate surface area is 192 Å². The molecule has 5 nitrogen and oxygen atoms in total. The van der Waals surface area contributed by atoms with E-state index in [1.807, 2.05) is 18.2 Å². The smallest absolute Gasteiger partial charge is 0.255 e. The molecule has 1 amide bonds. The highest BCUT2D eigenvalue weighted by Crippen LogP contribution is 2.20. The number of ether oxygens (including phenoxy) is 1. The molecule has 1 N–H and O–H groups in total. The minimum absolute atomic E-state index is 0.0766. The monoisotopic (exact) mass is 435 g/mol. The molecule has 0 saturated heterocycles. The fourth-order valence-corrected chi connectivity index (χ4v) is 4.15. The summed E-state index contributed by atoms with van der Waals surface area (Å²) in [6.45, 7) is 3.98. The number of nitrogens with one attached hydrogen (secondary N) is 1. The summed E-state index contributed by atoms with van der Waals surface area (Å²) in [5, 5.41) is 3.01. The van der Waals surface area contributed by atoms with E-state index >= 15 is 0 Å². The number of nitrogens with zero attached hydrogens (tertiary/aromatic N) is 2. The van der Waals surface area contributed by atoms with Crippen LogP contribution in [0.4, 0.5) is 0 Å². The molecule has 0 aliphatic heterocycles. The van der Waals surface area contributed by atoms with Crippen LogP contribution < -0.4 is 10.1 Å². The van der Waals surface area contributed by atoms with Crippen LogP contribution in [0.1, 0.15) is 74.5 Å². The zero-order valence-corrected chi connectivity index (χ0v) is 19.6. The molecule has 0 unspecified atom stereocenters. The number of aryl methyl sites for hydroxylation is 2. The second-order valence-electron chi connectivity index (χ2n) is 8.35. The van der Waals surface area contributed by atoms with Crippen LogP contribution in [0, 0.1) is 0 Å². The van der Waals surface area contributed by atoms with Crippen molar-refractivity contribution >= 4 is 16.9 Å². The van der Waals surface area contributed by atoms with E-state index < -0.39 is 0 Å². The summed E-state index contributed by atoms with van der Waals surface area (Å²) in [6, 6.07) is 15.8. The maximum atomic E-state index is 12.4. The Bertz CT molecular complexity index is 980. The molecule has 1 aromatic heterocycles. The molecule has 0 atom stereocenters. The van der Waals surface area contributed by atoms with E-state index in [1.54, 1.807) is 13.2 Å². The van der Waals surface area contributed by atoms with Gasteiger partial charge in [-0.1, -0.05) is 63.3 Å². The van der Waals surface area contributed by atoms with Gasteiger partial charge in [0.2, 0.25) is 0 Å². The molecule has 0 bridgehead atoms. The summed E-state index contributed by atoms with van der Waals surface area (Å²) >= 11 is 0. The van der Waals surface area contributed by atoms with Crippen molar-refractivity contribution in [2.45, 2.75) is 71.3 Å². The summed E-state index contributed by atoms with van der Waals surface area (Å²) in [6.07, 6.45) is 10.5. The molecule has 5 heteroatoms. The average Bonchev–Trinajstić information content (AvgIpc) is 3.18. The van der Waals surface area contributed by atoms with Crippen LogP contribution in [-0.2, 0) is 13.0 Å². The first-order chi connectivity index (χ1) is 15.7. The molecule has 0 radical (unpaired) electrons. The fourth-order valence-electron chi connectivity index (χ4n) is 4.15. The Hall–Kier alpha value is -2.82. The van der Waals surface area contributed by atoms with E-state index in [9.17, 15) is 4.79 Å². The number of fused-ring (bicyclic) bond motifs is 1. The van der Waals surface area contributed by atoms with Crippen molar-refractivity contribution in [3.8, 4) is 5.75 Å². The molecular weight excluding hydrogens is 398 g/mol. The number of rotatable bonds is 14. The molecule has 0 aliphatic carbocycles. The van der Waals surface area contributed by atoms with Crippen LogP contribution in [0.25, 0.3) is 11.0 Å². The summed E-state index contributed by atoms with van der Waals surface area (Å²) in [7, 11) is 1.59. The Balaban J connectivity index is 1.45. The van der Waals surface area contributed by atoms with Gasteiger partial charge in [0.1, 0.15) is 11.6 Å². The summed E-state index contributed by atoms with van der Waals surface area (Å²) in [5.74, 6) is 1.73. The molecule has 0 fully saturated rings. The molecular formula is C27H37N3O2. The van der Waals surface area contributed by atoms with Crippen molar-refractivity contribution in [1.29, 1.82) is 0 Å². The van der Waals surface area contributed by atoms with Crippen molar-refractivity contribution in [2.75, 3.05) is 13.7 Å². The van der Waals surface area contributed by atoms with Gasteiger partial charge in [0, 0.05) is 19.5 Å². The van der Waals surface area contributed by atoms with Crippen molar-refractivity contribution < 1.29 is 9.53 Å². The van der Waals surface area contributed by atoms with Crippen molar-refractivity contribution in [1.82, 2.24) is 14.9 Å². The van der Waals surface area contributed by atoms with Gasteiger partial charge in [0.15, 0.2) is 0 Å². The van der Waals surface area contributed by atoms with Gasteiger partial charge in [0.05, 0.1) is 23.7 Å². The zero-order valence-electron chi connectivity index (χ0n) is 19.6. The molecule has 0 aliphatic rings. The third-order valence-corrected chi connectivity index (χ3v) is 5.93. The third kappa shape index (κ3) is 6.59. The molecule has 3 rings (SSSR count). The Morgan fingerprint density at radius 2 is 1.69 bits per heavy atom. The van der Waals surface area contributed by atoms with Crippen LogP contribution in [0.15, 0.2) is 48.5 Å². The number of benzene rings is 2. The van der Waals surface area contributed by atoms with Gasteiger partial charge in [-0.25, -0.2) is 4.98 Å². The number of hydrogen-bond donors (Lipinski definition) is 1. The second-order valence-corrected chi connectivity index (χ2v) is 8.35. The van der Waals surface area contributed by atoms with Crippen LogP contribution in [0.2, 0.25) is 0 Å². The molecule has 1 heterocycles. The maximum absolute atomic E-state index is 12.4. The van der Waals surface area contributed by atoms with Crippen LogP contribution >= 0.6 is 0 Å². The Morgan fingerprint density at radius 1 is 0.938 bits per heavy atom. The molecule has 2 aromatic carbocycles. The quantitative estimate of drug-likeness (QED) is 0.309. The highest BCUT2D eigenvalue weighted by atomic mass is 16.5. The lowest BCUT2D eigenvalue weighted by Crippen LogP contribution is -2.24. The van der Waals surface area contributed by atoms with Crippen LogP contribution in [0.5, 0.6) is 5.75 Å². The average molecular weight is 436 g/mol. The van der Waals surface area contributed by atoms with Gasteiger partial charge in [-0.3, -0.25) is 4.79 Å². The predicted molar refractivity (Wildman–Crippen MR) is 131 cm³/mol. The van der Waals surface area contributed by atoms with Gasteiger partial charge < -0.3 is 14.6 Å². The predicted octanol–water partition coefficient (Wildman–Crippen LogP) is 6.16. The van der Waals surface area contributed by atoms with Crippen molar-refractivity contribution in [2.24, 2.45) is 0 Å². The SMILES string of the molecule is CCCCCCCn1c(CCCCCNC(=O)c2ccccc2OC)nc2ccccc21. The number of imidazole rings is 1. The van der Waals surface area contributed by atoms with Gasteiger partial charge in [-0.2, -0.15) is 0 Å². The topological polar surface area (TPSA) is 56.2 Å². The zero-order chi connectivity index (χ0) is 22.6. The van der Waals surface area contributed by atoms with E-state index in [1.165, 1.54) is 43.4 Å². The number of carbonyl (C=O) groups is 1. The summed E-state index contributed by atoms with van der Waals surface area (Å²) < 4.78 is 7.69. The lowest BCUT2D eigenvalue weighted by Gasteiger charge is -2.10. The number of aromatic nitrogens is 2. The first-order valence-electron chi connectivity index (χ1n) is 12.1. The molecule has 172 valence electrons. The summed E-state index contributed by atoms with van der Waals surface area (Å²) in [4.78, 5) is 17.3. The van der Waals surface area contributed by atoms with E-state index in [4.69, 9.17) is 9.72 Å². The Kier molecular flexibility index (Phi) is 9.60. The fraction of sp³-hybridized carbons (Fsp3) is 0.481. The summed E-state index contributed by atoms with van der Waals surface area (Å²) in [5.41, 5.74) is 2.94. The van der Waals surface area contributed by atoms with Gasteiger partial charge >= 0.3 is 0 Å². The largest absolute Gasteiger partial charge is 0.496 e. The van der Waals surface area contributed by atoms with Crippen molar-refractivity contribution in [3.63, 3.8) is 0 Å². The molecule has 32 heavy (non-hydrogen) atoms. The van der Waals surface area contributed by atoms with Crippen LogP contribution in [0.3, 0.4) is 0 Å². The highest BCUT2D eigenvalue weighted by Gasteiger charge is 2.11. The number of amides is 1. The van der Waals surface area contributed by atoms with E-state index in [2.05, 4.69) is 41.1 Å². The standard InChI is InChI=1S/C27H37N3O2/c1-3-4-5-6-14-21-30-24-17-11-10-16-23(24)29-26(30)19-8-7-13-20-28-27(31)22-15-9-12-18-25(22)32-2/h9-12,15-18H,3-8,13-14,19-21H2,1-2H3,(H,28,31). The molecule has 0 spiro atoms. The lowest BCUT2D eigenvalue weighted by molar-refractivity contribution is 0.0950. The minimum Gasteiger partial charge on any atom is -0.496 e. The lowest BCUT2D eigenvalue weighted by atomic mass is 10.1. The normalized spacial score (nSPS) is 11.1.